The van der Waals surface area contributed by atoms with Crippen molar-refractivity contribution in [1.82, 2.24) is 19.9 Å². The van der Waals surface area contributed by atoms with Gasteiger partial charge in [0.1, 0.15) is 17.5 Å². The van der Waals surface area contributed by atoms with Crippen molar-refractivity contribution in [2.45, 2.75) is 33.1 Å². The van der Waals surface area contributed by atoms with Crippen molar-refractivity contribution in [3.05, 3.63) is 23.9 Å². The van der Waals surface area contributed by atoms with Crippen LogP contribution in [-0.2, 0) is 5.41 Å². The van der Waals surface area contributed by atoms with Crippen molar-refractivity contribution in [2.75, 3.05) is 0 Å². The second-order valence-electron chi connectivity index (χ2n) is 7.81. The first-order valence-electron chi connectivity index (χ1n) is 8.87. The number of nitrogens with one attached hydrogen (secondary N) is 2. The van der Waals surface area contributed by atoms with Crippen LogP contribution < -0.4 is 0 Å². The van der Waals surface area contributed by atoms with Gasteiger partial charge in [0.15, 0.2) is 17.5 Å². The van der Waals surface area contributed by atoms with Crippen LogP contribution in [0.4, 0.5) is 11.8 Å². The van der Waals surface area contributed by atoms with E-state index in [2.05, 4.69) is 49.9 Å². The molecule has 0 unspecified atom stereocenters. The Morgan fingerprint density at radius 2 is 1.39 bits per heavy atom. The fourth-order valence-electron chi connectivity index (χ4n) is 3.11. The third kappa shape index (κ3) is 2.48. The van der Waals surface area contributed by atoms with Gasteiger partial charge < -0.3 is 9.97 Å². The first kappa shape index (κ1) is 16.6. The minimum absolute atomic E-state index is 0.445. The van der Waals surface area contributed by atoms with Gasteiger partial charge >= 0.3 is 0 Å². The van der Waals surface area contributed by atoms with E-state index in [-0.39, 0.29) is 0 Å². The molecule has 2 aromatic rings. The van der Waals surface area contributed by atoms with Crippen LogP contribution in [0.2, 0.25) is 0 Å². The van der Waals surface area contributed by atoms with Gasteiger partial charge in [0.2, 0.25) is 5.95 Å². The Labute approximate surface area is 160 Å². The van der Waals surface area contributed by atoms with E-state index in [4.69, 9.17) is 0 Å². The molecule has 2 aromatic heterocycles. The fourth-order valence-corrected chi connectivity index (χ4v) is 3.11. The molecule has 10 nitrogen and oxygen atoms in total. The van der Waals surface area contributed by atoms with Crippen molar-refractivity contribution in [3.63, 3.8) is 0 Å². The Morgan fingerprint density at radius 1 is 0.714 bits per heavy atom. The van der Waals surface area contributed by atoms with Gasteiger partial charge in [-0.1, -0.05) is 0 Å². The van der Waals surface area contributed by atoms with Crippen LogP contribution in [0.3, 0.4) is 0 Å². The number of imidazole rings is 2. The maximum absolute atomic E-state index is 4.55. The van der Waals surface area contributed by atoms with Gasteiger partial charge in [0, 0.05) is 5.69 Å². The smallest absolute Gasteiger partial charge is 0.229 e. The van der Waals surface area contributed by atoms with Crippen LogP contribution in [0.5, 0.6) is 0 Å². The van der Waals surface area contributed by atoms with Gasteiger partial charge in [-0.25, -0.2) is 34.9 Å². The zero-order chi connectivity index (χ0) is 19.5. The molecule has 0 spiro atoms. The minimum atomic E-state index is -0.589. The molecule has 10 heteroatoms. The molecular formula is C18H18N10. The maximum Gasteiger partial charge on any atom is 0.229 e. The molecule has 8 bridgehead atoms. The third-order valence-corrected chi connectivity index (χ3v) is 5.01. The SMILES string of the molecule is CC1(C)C2=NC(=Nc3cnc([nH]3)C(C)(C)c3cnc([nH]3)N=C3C=NC1=N3)C=N2. The summed E-state index contributed by atoms with van der Waals surface area (Å²) < 4.78 is 0. The second-order valence-corrected chi connectivity index (χ2v) is 7.81. The van der Waals surface area contributed by atoms with Gasteiger partial charge in [-0.05, 0) is 27.7 Å². The molecule has 140 valence electrons. The number of aliphatic imine (C=N–C) groups is 6. The summed E-state index contributed by atoms with van der Waals surface area (Å²) in [7, 11) is 0. The monoisotopic (exact) mass is 374 g/mol. The molecule has 0 atom stereocenters. The topological polar surface area (TPSA) is 132 Å². The fraction of sp³-hybridized carbons (Fsp3) is 0.333. The molecule has 0 aromatic carbocycles. The average Bonchev–Trinajstić information content (AvgIpc) is 3.42. The first-order valence-corrected chi connectivity index (χ1v) is 8.87. The van der Waals surface area contributed by atoms with Crippen LogP contribution in [0.1, 0.15) is 39.2 Å². The van der Waals surface area contributed by atoms with Crippen LogP contribution in [0.25, 0.3) is 0 Å². The van der Waals surface area contributed by atoms with Crippen LogP contribution in [-0.4, -0.2) is 55.7 Å². The zero-order valence-corrected chi connectivity index (χ0v) is 15.9. The Bertz CT molecular complexity index is 1070. The van der Waals surface area contributed by atoms with Crippen molar-refractivity contribution in [2.24, 2.45) is 35.4 Å². The zero-order valence-electron chi connectivity index (χ0n) is 15.9. The molecule has 0 aliphatic carbocycles. The Kier molecular flexibility index (Phi) is 3.25. The maximum atomic E-state index is 4.55. The summed E-state index contributed by atoms with van der Waals surface area (Å²) >= 11 is 0. The molecule has 0 fully saturated rings. The van der Waals surface area contributed by atoms with E-state index in [1.165, 1.54) is 0 Å². The van der Waals surface area contributed by atoms with Gasteiger partial charge in [-0.2, -0.15) is 4.99 Å². The molecule has 3 aliphatic rings. The van der Waals surface area contributed by atoms with E-state index in [0.717, 1.165) is 11.5 Å². The number of amidine groups is 4. The Morgan fingerprint density at radius 3 is 2.11 bits per heavy atom. The molecule has 0 radical (unpaired) electrons. The summed E-state index contributed by atoms with van der Waals surface area (Å²) in [5, 5.41) is 0. The molecule has 2 N–H and O–H groups in total. The standard InChI is InChI=1S/C18H18N10/c1-17(2)9-5-22-16(23-9)28-12-8-21-15(27-12)18(3,4)14-20-7-11(26-14)24-10-6-19-13(17)25-10/h5-8H,1-4H3,(H,19,25)(H,22,23). The van der Waals surface area contributed by atoms with E-state index in [1.807, 2.05) is 27.7 Å². The molecule has 0 saturated carbocycles. The molecule has 28 heavy (non-hydrogen) atoms. The first-order chi connectivity index (χ1) is 13.3. The van der Waals surface area contributed by atoms with Crippen molar-refractivity contribution < 1.29 is 0 Å². The van der Waals surface area contributed by atoms with E-state index in [9.17, 15) is 0 Å². The van der Waals surface area contributed by atoms with E-state index in [0.29, 0.717) is 35.1 Å². The van der Waals surface area contributed by atoms with Crippen LogP contribution >= 0.6 is 0 Å². The average molecular weight is 374 g/mol. The highest BCUT2D eigenvalue weighted by Gasteiger charge is 2.35. The quantitative estimate of drug-likeness (QED) is 0.733. The largest absolute Gasteiger partial charge is 0.326 e. The lowest BCUT2D eigenvalue weighted by Gasteiger charge is -2.20. The van der Waals surface area contributed by atoms with E-state index in [1.54, 1.807) is 24.8 Å². The van der Waals surface area contributed by atoms with Crippen molar-refractivity contribution in [1.29, 1.82) is 0 Å². The summed E-state index contributed by atoms with van der Waals surface area (Å²) in [6.45, 7) is 8.02. The number of rotatable bonds is 0. The number of aromatic nitrogens is 4. The number of aromatic amines is 2. The number of hydrogen-bond donors (Lipinski definition) is 2. The summed E-state index contributed by atoms with van der Waals surface area (Å²) in [4.78, 5) is 42.3. The van der Waals surface area contributed by atoms with Crippen molar-refractivity contribution in [3.8, 4) is 0 Å². The summed E-state index contributed by atoms with van der Waals surface area (Å²) in [6, 6.07) is 0. The lowest BCUT2D eigenvalue weighted by atomic mass is 9.89. The third-order valence-electron chi connectivity index (χ3n) is 5.01. The normalized spacial score (nSPS) is 21.3. The van der Waals surface area contributed by atoms with Crippen LogP contribution in [0, 0.1) is 5.41 Å². The number of nitrogens with zero attached hydrogens (tertiary/aromatic N) is 8. The lowest BCUT2D eigenvalue weighted by molar-refractivity contribution is 0.582. The molecule has 5 heterocycles. The minimum Gasteiger partial charge on any atom is -0.326 e. The summed E-state index contributed by atoms with van der Waals surface area (Å²) in [5.41, 5.74) is -0.164. The molecular weight excluding hydrogens is 356 g/mol. The van der Waals surface area contributed by atoms with E-state index >= 15 is 0 Å². The van der Waals surface area contributed by atoms with Gasteiger partial charge in [0.25, 0.3) is 0 Å². The predicted octanol–water partition coefficient (Wildman–Crippen LogP) is 2.52. The van der Waals surface area contributed by atoms with Gasteiger partial charge in [-0.15, -0.1) is 0 Å². The Balaban J connectivity index is 1.70. The summed E-state index contributed by atoms with van der Waals surface area (Å²) in [5.74, 6) is 3.99. The molecule has 3 aliphatic heterocycles. The molecule has 5 rings (SSSR count). The second kappa shape index (κ2) is 5.47. The molecule has 0 saturated heterocycles. The predicted molar refractivity (Wildman–Crippen MR) is 109 cm³/mol. The number of fused-ring (bicyclic) bond motifs is 6. The molecule has 0 amide bonds. The number of hydrogen-bond acceptors (Lipinski definition) is 8. The van der Waals surface area contributed by atoms with E-state index < -0.39 is 10.8 Å². The lowest BCUT2D eigenvalue weighted by Crippen LogP contribution is -2.30. The van der Waals surface area contributed by atoms with Gasteiger partial charge in [0.05, 0.1) is 35.7 Å². The highest BCUT2D eigenvalue weighted by molar-refractivity contribution is 6.42. The highest BCUT2D eigenvalue weighted by Crippen LogP contribution is 2.31. The van der Waals surface area contributed by atoms with Crippen molar-refractivity contribution >= 4 is 47.5 Å². The Hall–Kier alpha value is -3.56. The summed E-state index contributed by atoms with van der Waals surface area (Å²) in [6.07, 6.45) is 6.69. The number of H-pyrrole nitrogens is 2. The van der Waals surface area contributed by atoms with Crippen LogP contribution in [0.15, 0.2) is 42.3 Å². The highest BCUT2D eigenvalue weighted by atomic mass is 15.2. The van der Waals surface area contributed by atoms with Gasteiger partial charge in [-0.3, -0.25) is 0 Å².